The summed E-state index contributed by atoms with van der Waals surface area (Å²) in [6, 6.07) is 5.00. The van der Waals surface area contributed by atoms with Crippen molar-refractivity contribution in [3.05, 3.63) is 70.4 Å². The van der Waals surface area contributed by atoms with Crippen molar-refractivity contribution < 1.29 is 26.7 Å². The Kier molecular flexibility index (Phi) is 5.21. The standard InChI is InChI=1S/C20H11ClF5N5O/c21-13-2-1-10(22)6-12(13)16-15-14(7-28-17(15)31-19(27)30-16)29-18(32)8-3-9(20(24,25)26)5-11(23)4-8/h1-7H,(H,29,32)(H3,27,28,30,31). The topological polar surface area (TPSA) is 96.7 Å². The van der Waals surface area contributed by atoms with Crippen LogP contribution in [0.15, 0.2) is 42.6 Å². The Hall–Kier alpha value is -3.73. The lowest BCUT2D eigenvalue weighted by Gasteiger charge is -2.11. The van der Waals surface area contributed by atoms with Crippen LogP contribution in [0.2, 0.25) is 5.02 Å². The molecular weight excluding hydrogens is 457 g/mol. The van der Waals surface area contributed by atoms with Gasteiger partial charge in [0.05, 0.1) is 27.4 Å². The van der Waals surface area contributed by atoms with Crippen LogP contribution in [0.5, 0.6) is 0 Å². The highest BCUT2D eigenvalue weighted by molar-refractivity contribution is 6.33. The summed E-state index contributed by atoms with van der Waals surface area (Å²) in [6.45, 7) is 0. The lowest BCUT2D eigenvalue weighted by molar-refractivity contribution is -0.137. The molecule has 0 spiro atoms. The maximum Gasteiger partial charge on any atom is 0.416 e. The Morgan fingerprint density at radius 3 is 2.53 bits per heavy atom. The SMILES string of the molecule is Nc1nc(-c2cc(F)ccc2Cl)c2c(NC(=O)c3cc(F)cc(C(F)(F)F)c3)c[nH]c2n1. The second-order valence-corrected chi connectivity index (χ2v) is 7.07. The fraction of sp³-hybridized carbons (Fsp3) is 0.0500. The average molecular weight is 468 g/mol. The van der Waals surface area contributed by atoms with Crippen molar-refractivity contribution >= 4 is 40.2 Å². The summed E-state index contributed by atoms with van der Waals surface area (Å²) in [5, 5.41) is 2.69. The van der Waals surface area contributed by atoms with Gasteiger partial charge in [-0.05, 0) is 36.4 Å². The molecule has 4 aromatic rings. The minimum Gasteiger partial charge on any atom is -0.368 e. The van der Waals surface area contributed by atoms with E-state index in [-0.39, 0.29) is 45.0 Å². The van der Waals surface area contributed by atoms with Gasteiger partial charge in [-0.25, -0.2) is 13.8 Å². The molecule has 164 valence electrons. The molecular formula is C20H11ClF5N5O. The summed E-state index contributed by atoms with van der Waals surface area (Å²) < 4.78 is 66.4. The van der Waals surface area contributed by atoms with E-state index in [1.165, 1.54) is 12.3 Å². The second kappa shape index (κ2) is 7.75. The minimum absolute atomic E-state index is 0.0400. The van der Waals surface area contributed by atoms with Crippen LogP contribution in [0.1, 0.15) is 15.9 Å². The van der Waals surface area contributed by atoms with Gasteiger partial charge in [0.25, 0.3) is 5.91 Å². The third-order valence-electron chi connectivity index (χ3n) is 4.47. The first-order chi connectivity index (χ1) is 15.0. The first-order valence-electron chi connectivity index (χ1n) is 8.82. The van der Waals surface area contributed by atoms with Gasteiger partial charge in [0, 0.05) is 17.3 Å². The predicted octanol–water partition coefficient (Wildman–Crippen LogP) is 5.41. The Labute approximate surface area is 181 Å². The molecule has 4 N–H and O–H groups in total. The number of H-pyrrole nitrogens is 1. The van der Waals surface area contributed by atoms with E-state index in [4.69, 9.17) is 17.3 Å². The van der Waals surface area contributed by atoms with Crippen molar-refractivity contribution in [2.45, 2.75) is 6.18 Å². The number of nitrogen functional groups attached to an aromatic ring is 1. The molecule has 0 aliphatic heterocycles. The number of nitrogens with zero attached hydrogens (tertiary/aromatic N) is 2. The van der Waals surface area contributed by atoms with Crippen molar-refractivity contribution in [1.82, 2.24) is 15.0 Å². The lowest BCUT2D eigenvalue weighted by atomic mass is 10.1. The van der Waals surface area contributed by atoms with Crippen LogP contribution in [0, 0.1) is 11.6 Å². The molecule has 0 aliphatic rings. The number of hydrogen-bond donors (Lipinski definition) is 3. The molecule has 0 unspecified atom stereocenters. The van der Waals surface area contributed by atoms with Gasteiger partial charge in [0.2, 0.25) is 5.95 Å². The van der Waals surface area contributed by atoms with Crippen molar-refractivity contribution in [2.75, 3.05) is 11.1 Å². The summed E-state index contributed by atoms with van der Waals surface area (Å²) >= 11 is 6.17. The molecule has 0 aliphatic carbocycles. The third kappa shape index (κ3) is 4.06. The predicted molar refractivity (Wildman–Crippen MR) is 108 cm³/mol. The molecule has 6 nitrogen and oxygen atoms in total. The average Bonchev–Trinajstić information content (AvgIpc) is 3.10. The van der Waals surface area contributed by atoms with E-state index >= 15 is 0 Å². The summed E-state index contributed by atoms with van der Waals surface area (Å²) in [5.41, 5.74) is 4.24. The maximum atomic E-state index is 13.8. The number of carbonyl (C=O) groups is 1. The zero-order valence-electron chi connectivity index (χ0n) is 15.7. The maximum absolute atomic E-state index is 13.8. The molecule has 12 heteroatoms. The second-order valence-electron chi connectivity index (χ2n) is 6.66. The molecule has 2 aromatic carbocycles. The summed E-state index contributed by atoms with van der Waals surface area (Å²) in [7, 11) is 0. The number of hydrogen-bond acceptors (Lipinski definition) is 4. The largest absolute Gasteiger partial charge is 0.416 e. The highest BCUT2D eigenvalue weighted by atomic mass is 35.5. The van der Waals surface area contributed by atoms with Gasteiger partial charge in [-0.3, -0.25) is 4.79 Å². The van der Waals surface area contributed by atoms with E-state index in [1.807, 2.05) is 0 Å². The molecule has 0 saturated heterocycles. The van der Waals surface area contributed by atoms with Crippen LogP contribution in [0.4, 0.5) is 33.6 Å². The molecule has 0 atom stereocenters. The summed E-state index contributed by atoms with van der Waals surface area (Å²) in [5.74, 6) is -3.04. The number of halogens is 6. The number of carbonyl (C=O) groups excluding carboxylic acids is 1. The molecule has 1 amide bonds. The zero-order chi connectivity index (χ0) is 23.2. The van der Waals surface area contributed by atoms with Crippen molar-refractivity contribution in [3.8, 4) is 11.3 Å². The number of benzene rings is 2. The number of anilines is 2. The van der Waals surface area contributed by atoms with E-state index < -0.39 is 34.8 Å². The van der Waals surface area contributed by atoms with Crippen molar-refractivity contribution in [3.63, 3.8) is 0 Å². The summed E-state index contributed by atoms with van der Waals surface area (Å²) in [4.78, 5) is 23.4. The van der Waals surface area contributed by atoms with E-state index in [1.54, 1.807) is 0 Å². The Bertz CT molecular complexity index is 1370. The first-order valence-corrected chi connectivity index (χ1v) is 9.20. The van der Waals surface area contributed by atoms with Gasteiger partial charge in [0.15, 0.2) is 0 Å². The van der Waals surface area contributed by atoms with E-state index in [9.17, 15) is 26.7 Å². The smallest absolute Gasteiger partial charge is 0.368 e. The van der Waals surface area contributed by atoms with Crippen LogP contribution < -0.4 is 11.1 Å². The molecule has 2 aromatic heterocycles. The molecule has 32 heavy (non-hydrogen) atoms. The van der Waals surface area contributed by atoms with Gasteiger partial charge in [-0.1, -0.05) is 11.6 Å². The number of alkyl halides is 3. The van der Waals surface area contributed by atoms with Crippen LogP contribution in [0.25, 0.3) is 22.3 Å². The number of fused-ring (bicyclic) bond motifs is 1. The van der Waals surface area contributed by atoms with E-state index in [2.05, 4.69) is 20.3 Å². The minimum atomic E-state index is -4.84. The molecule has 0 saturated carbocycles. The number of aromatic amines is 1. The highest BCUT2D eigenvalue weighted by Gasteiger charge is 2.32. The van der Waals surface area contributed by atoms with Crippen LogP contribution in [0.3, 0.4) is 0 Å². The van der Waals surface area contributed by atoms with Gasteiger partial charge in [-0.2, -0.15) is 18.2 Å². The van der Waals surface area contributed by atoms with Crippen molar-refractivity contribution in [1.29, 1.82) is 0 Å². The Morgan fingerprint density at radius 2 is 1.81 bits per heavy atom. The molecule has 2 heterocycles. The molecule has 0 fully saturated rings. The molecule has 4 rings (SSSR count). The number of nitrogens with one attached hydrogen (secondary N) is 2. The monoisotopic (exact) mass is 467 g/mol. The number of aromatic nitrogens is 3. The third-order valence-corrected chi connectivity index (χ3v) is 4.80. The highest BCUT2D eigenvalue weighted by Crippen LogP contribution is 2.37. The number of nitrogens with two attached hydrogens (primary N) is 1. The number of amides is 1. The quantitative estimate of drug-likeness (QED) is 0.351. The van der Waals surface area contributed by atoms with Gasteiger partial charge in [0.1, 0.15) is 17.3 Å². The molecule has 0 bridgehead atoms. The Morgan fingerprint density at radius 1 is 1.06 bits per heavy atom. The summed E-state index contributed by atoms with van der Waals surface area (Å²) in [6.07, 6.45) is -3.55. The van der Waals surface area contributed by atoms with Crippen LogP contribution >= 0.6 is 11.6 Å². The Balaban J connectivity index is 1.81. The van der Waals surface area contributed by atoms with E-state index in [0.717, 1.165) is 12.1 Å². The zero-order valence-corrected chi connectivity index (χ0v) is 16.4. The van der Waals surface area contributed by atoms with Crippen LogP contribution in [-0.4, -0.2) is 20.9 Å². The van der Waals surface area contributed by atoms with Gasteiger partial charge < -0.3 is 16.0 Å². The normalized spacial score (nSPS) is 11.7. The van der Waals surface area contributed by atoms with Crippen molar-refractivity contribution in [2.24, 2.45) is 0 Å². The first kappa shape index (κ1) is 21.5. The van der Waals surface area contributed by atoms with E-state index in [0.29, 0.717) is 12.1 Å². The van der Waals surface area contributed by atoms with Gasteiger partial charge >= 0.3 is 6.18 Å². The number of rotatable bonds is 3. The lowest BCUT2D eigenvalue weighted by Crippen LogP contribution is -2.14. The van der Waals surface area contributed by atoms with Crippen LogP contribution in [-0.2, 0) is 6.18 Å². The fourth-order valence-corrected chi connectivity index (χ4v) is 3.31. The fourth-order valence-electron chi connectivity index (χ4n) is 3.10. The molecule has 0 radical (unpaired) electrons. The van der Waals surface area contributed by atoms with Gasteiger partial charge in [-0.15, -0.1) is 0 Å².